The minimum atomic E-state index is -0.509. The van der Waals surface area contributed by atoms with Crippen LogP contribution in [0.2, 0.25) is 0 Å². The lowest BCUT2D eigenvalue weighted by atomic mass is 10.1. The van der Waals surface area contributed by atoms with E-state index in [1.54, 1.807) is 31.9 Å². The fraction of sp³-hybridized carbons (Fsp3) is 0.458. The highest BCUT2D eigenvalue weighted by atomic mass is 16.2. The first-order chi connectivity index (χ1) is 17.9. The Labute approximate surface area is 220 Å². The van der Waals surface area contributed by atoms with Crippen LogP contribution in [-0.2, 0) is 25.9 Å². The van der Waals surface area contributed by atoms with E-state index in [1.807, 2.05) is 27.7 Å². The largest absolute Gasteiger partial charge is 0.349 e. The van der Waals surface area contributed by atoms with Crippen LogP contribution in [0.15, 0.2) is 18.6 Å². The van der Waals surface area contributed by atoms with Gasteiger partial charge in [-0.1, -0.05) is 13.8 Å². The highest BCUT2D eigenvalue weighted by Crippen LogP contribution is 2.16. The summed E-state index contributed by atoms with van der Waals surface area (Å²) >= 11 is 0. The molecule has 0 radical (unpaired) electrons. The number of hydrogen-bond acceptors (Lipinski definition) is 7. The molecule has 3 aromatic heterocycles. The molecule has 3 aromatic rings. The lowest BCUT2D eigenvalue weighted by molar-refractivity contribution is -0.116. The lowest BCUT2D eigenvalue weighted by Gasteiger charge is -2.07. The maximum absolute atomic E-state index is 12.6. The molecule has 0 unspecified atom stereocenters. The van der Waals surface area contributed by atoms with Crippen LogP contribution in [0.4, 0.5) is 11.6 Å². The number of carbonyl (C=O) groups excluding carboxylic acids is 4. The Hall–Kier alpha value is -4.49. The summed E-state index contributed by atoms with van der Waals surface area (Å²) in [5.41, 5.74) is 0.917. The highest BCUT2D eigenvalue weighted by molar-refractivity contribution is 6.02. The normalized spacial score (nSPS) is 11.1. The molecular weight excluding hydrogens is 492 g/mol. The van der Waals surface area contributed by atoms with Crippen LogP contribution >= 0.6 is 0 Å². The molecule has 0 aliphatic rings. The number of carbonyl (C=O) groups is 4. The summed E-state index contributed by atoms with van der Waals surface area (Å²) in [5, 5.41) is 10.6. The van der Waals surface area contributed by atoms with Crippen molar-refractivity contribution >= 4 is 35.3 Å². The van der Waals surface area contributed by atoms with E-state index in [4.69, 9.17) is 0 Å². The Balaban J connectivity index is 1.52. The number of hydrogen-bond donors (Lipinski definition) is 4. The average Bonchev–Trinajstić information content (AvgIpc) is 3.49. The number of anilines is 2. The van der Waals surface area contributed by atoms with Gasteiger partial charge in [0.25, 0.3) is 17.7 Å². The minimum absolute atomic E-state index is 0.0266. The van der Waals surface area contributed by atoms with Gasteiger partial charge in [0.15, 0.2) is 17.5 Å². The van der Waals surface area contributed by atoms with E-state index in [2.05, 4.69) is 36.2 Å². The number of imidazole rings is 3. The van der Waals surface area contributed by atoms with Crippen molar-refractivity contribution in [3.63, 3.8) is 0 Å². The topological polar surface area (TPSA) is 170 Å². The minimum Gasteiger partial charge on any atom is -0.349 e. The molecule has 3 heterocycles. The van der Waals surface area contributed by atoms with Crippen LogP contribution in [0, 0.1) is 0 Å². The molecule has 4 amide bonds. The summed E-state index contributed by atoms with van der Waals surface area (Å²) in [6.45, 7) is 7.73. The molecule has 0 aromatic carbocycles. The van der Waals surface area contributed by atoms with Gasteiger partial charge in [0.1, 0.15) is 0 Å². The van der Waals surface area contributed by atoms with Gasteiger partial charge in [0, 0.05) is 64.4 Å². The van der Waals surface area contributed by atoms with Crippen LogP contribution in [0.1, 0.15) is 77.6 Å². The second kappa shape index (κ2) is 11.7. The molecule has 14 heteroatoms. The molecule has 14 nitrogen and oxygen atoms in total. The predicted octanol–water partition coefficient (Wildman–Crippen LogP) is 1.16. The van der Waals surface area contributed by atoms with Gasteiger partial charge in [-0.25, -0.2) is 15.0 Å². The monoisotopic (exact) mass is 526 g/mol. The zero-order chi connectivity index (χ0) is 28.1. The summed E-state index contributed by atoms with van der Waals surface area (Å²) in [6.07, 6.45) is 4.68. The Morgan fingerprint density at radius 2 is 1.39 bits per heavy atom. The quantitative estimate of drug-likeness (QED) is 0.307. The van der Waals surface area contributed by atoms with Crippen molar-refractivity contribution < 1.29 is 19.2 Å². The summed E-state index contributed by atoms with van der Waals surface area (Å²) in [7, 11) is 5.04. The molecule has 0 fully saturated rings. The molecule has 0 saturated heterocycles. The highest BCUT2D eigenvalue weighted by Gasteiger charge is 2.20. The summed E-state index contributed by atoms with van der Waals surface area (Å²) in [6, 6.07) is -0.0504. The van der Waals surface area contributed by atoms with Crippen molar-refractivity contribution in [1.82, 2.24) is 39.3 Å². The molecule has 0 atom stereocenters. The SMILES string of the molecule is CC(C)NC(=O)c1nc(NC(=O)CCNC(=O)c2nc(NC(=O)c3ncc(C(C)C)n3C)cn2C)cn1C. The maximum Gasteiger partial charge on any atom is 0.292 e. The third-order valence-corrected chi connectivity index (χ3v) is 5.54. The summed E-state index contributed by atoms with van der Waals surface area (Å²) in [4.78, 5) is 62.2. The van der Waals surface area contributed by atoms with Gasteiger partial charge >= 0.3 is 0 Å². The van der Waals surface area contributed by atoms with Crippen LogP contribution in [0.5, 0.6) is 0 Å². The number of aryl methyl sites for hydroxylation is 2. The third kappa shape index (κ3) is 6.63. The van der Waals surface area contributed by atoms with Gasteiger partial charge in [0.05, 0.1) is 0 Å². The van der Waals surface area contributed by atoms with Crippen molar-refractivity contribution in [2.75, 3.05) is 17.2 Å². The van der Waals surface area contributed by atoms with Gasteiger partial charge in [-0.3, -0.25) is 19.2 Å². The molecule has 204 valence electrons. The van der Waals surface area contributed by atoms with Crippen molar-refractivity contribution in [2.24, 2.45) is 21.1 Å². The zero-order valence-electron chi connectivity index (χ0n) is 22.6. The van der Waals surface area contributed by atoms with Crippen LogP contribution in [-0.4, -0.2) is 64.9 Å². The third-order valence-electron chi connectivity index (χ3n) is 5.54. The number of rotatable bonds is 10. The Morgan fingerprint density at radius 1 is 0.816 bits per heavy atom. The molecule has 0 saturated carbocycles. The fourth-order valence-electron chi connectivity index (χ4n) is 3.72. The van der Waals surface area contributed by atoms with E-state index in [-0.39, 0.29) is 65.8 Å². The van der Waals surface area contributed by atoms with E-state index in [9.17, 15) is 19.2 Å². The fourth-order valence-corrected chi connectivity index (χ4v) is 3.72. The number of amides is 4. The first-order valence-electron chi connectivity index (χ1n) is 12.2. The molecule has 38 heavy (non-hydrogen) atoms. The van der Waals surface area contributed by atoms with Gasteiger partial charge < -0.3 is 35.0 Å². The van der Waals surface area contributed by atoms with E-state index < -0.39 is 11.8 Å². The Kier molecular flexibility index (Phi) is 8.65. The van der Waals surface area contributed by atoms with Crippen LogP contribution in [0.3, 0.4) is 0 Å². The van der Waals surface area contributed by atoms with E-state index in [0.29, 0.717) is 0 Å². The predicted molar refractivity (Wildman–Crippen MR) is 140 cm³/mol. The standard InChI is InChI=1S/C24H34N10O4/c1-13(2)15-10-26-19(34(15)7)23(37)31-17-12-32(5)20(30-17)22(36)25-9-8-18(35)28-16-11-33(6)21(29-16)24(38)27-14(3)4/h10-14H,8-9H2,1-7H3,(H,25,36)(H,27,38)(H,28,35)(H,31,37). The number of nitrogens with zero attached hydrogens (tertiary/aromatic N) is 6. The smallest absolute Gasteiger partial charge is 0.292 e. The summed E-state index contributed by atoms with van der Waals surface area (Å²) in [5.74, 6) is -0.583. The molecule has 3 rings (SSSR count). The molecular formula is C24H34N10O4. The first kappa shape index (κ1) is 28.1. The van der Waals surface area contributed by atoms with Crippen LogP contribution in [0.25, 0.3) is 0 Å². The van der Waals surface area contributed by atoms with Gasteiger partial charge in [-0.15, -0.1) is 0 Å². The van der Waals surface area contributed by atoms with Gasteiger partial charge in [0.2, 0.25) is 17.6 Å². The maximum atomic E-state index is 12.6. The molecule has 0 spiro atoms. The number of nitrogens with one attached hydrogen (secondary N) is 4. The lowest BCUT2D eigenvalue weighted by Crippen LogP contribution is -2.32. The van der Waals surface area contributed by atoms with E-state index in [0.717, 1.165) is 5.69 Å². The van der Waals surface area contributed by atoms with E-state index >= 15 is 0 Å². The summed E-state index contributed by atoms with van der Waals surface area (Å²) < 4.78 is 4.71. The van der Waals surface area contributed by atoms with Gasteiger partial charge in [-0.05, 0) is 19.8 Å². The molecule has 0 aliphatic heterocycles. The molecule has 4 N–H and O–H groups in total. The van der Waals surface area contributed by atoms with Crippen LogP contribution < -0.4 is 21.3 Å². The molecule has 0 bridgehead atoms. The van der Waals surface area contributed by atoms with Crippen molar-refractivity contribution in [3.05, 3.63) is 41.8 Å². The first-order valence-corrected chi connectivity index (χ1v) is 12.2. The van der Waals surface area contributed by atoms with E-state index in [1.165, 1.54) is 21.5 Å². The van der Waals surface area contributed by atoms with Crippen molar-refractivity contribution in [3.8, 4) is 0 Å². The second-order valence-corrected chi connectivity index (χ2v) is 9.48. The average molecular weight is 527 g/mol. The number of aromatic nitrogens is 6. The van der Waals surface area contributed by atoms with Crippen molar-refractivity contribution in [1.29, 1.82) is 0 Å². The zero-order valence-corrected chi connectivity index (χ0v) is 22.6. The second-order valence-electron chi connectivity index (χ2n) is 9.48. The Bertz CT molecular complexity index is 1350. The Morgan fingerprint density at radius 3 is 1.95 bits per heavy atom. The molecule has 0 aliphatic carbocycles. The van der Waals surface area contributed by atoms with Gasteiger partial charge in [-0.2, -0.15) is 0 Å². The van der Waals surface area contributed by atoms with Crippen molar-refractivity contribution in [2.45, 2.75) is 46.1 Å².